The van der Waals surface area contributed by atoms with E-state index in [1.165, 1.54) is 0 Å². The molecule has 0 aromatic heterocycles. The molecule has 7 N–H and O–H groups in total. The van der Waals surface area contributed by atoms with Gasteiger partial charge in [-0.3, -0.25) is 14.4 Å². The lowest BCUT2D eigenvalue weighted by Crippen LogP contribution is -2.66. The maximum Gasteiger partial charge on any atom is 0.230 e. The summed E-state index contributed by atoms with van der Waals surface area (Å²) < 4.78 is 5.40. The number of fused-ring (bicyclic) bond motifs is 3. The first kappa shape index (κ1) is 28.6. The second kappa shape index (κ2) is 10.5. The fourth-order valence-corrected chi connectivity index (χ4v) is 6.74. The van der Waals surface area contributed by atoms with Crippen LogP contribution in [0.5, 0.6) is 11.5 Å². The number of carbonyl (C=O) groups excluding carboxylic acids is 3. The van der Waals surface area contributed by atoms with Crippen LogP contribution in [-0.4, -0.2) is 70.8 Å². The number of anilines is 1. The minimum atomic E-state index is -2.61. The molecule has 0 heterocycles. The zero-order valence-corrected chi connectivity index (χ0v) is 23.2. The Morgan fingerprint density at radius 2 is 1.83 bits per heavy atom. The molecule has 1 amide bonds. The Morgan fingerprint density at radius 1 is 1.15 bits per heavy atom. The number of Topliss-reactive ketones (excluding diaryl/α,β-unsaturated/α-hetero) is 2. The highest BCUT2D eigenvalue weighted by molar-refractivity contribution is 6.24. The number of aliphatic hydroxyl groups excluding tert-OH is 2. The molecule has 0 bridgehead atoms. The lowest BCUT2D eigenvalue weighted by molar-refractivity contribution is -0.174. The number of ether oxygens (including phenoxy) is 1. The first-order chi connectivity index (χ1) is 19.4. The molecular weight excluding hydrogens is 530 g/mol. The molecule has 5 atom stereocenters. The number of nitrogens with two attached hydrogens (primary N) is 1. The van der Waals surface area contributed by atoms with E-state index < -0.39 is 52.7 Å². The van der Waals surface area contributed by atoms with Gasteiger partial charge in [-0.15, -0.1) is 0 Å². The molecule has 11 heteroatoms. The summed E-state index contributed by atoms with van der Waals surface area (Å²) in [6.07, 6.45) is -1.21. The van der Waals surface area contributed by atoms with Crippen molar-refractivity contribution in [1.29, 1.82) is 0 Å². The third kappa shape index (κ3) is 4.44. The molecule has 2 saturated carbocycles. The van der Waals surface area contributed by atoms with Crippen molar-refractivity contribution in [2.45, 2.75) is 44.1 Å². The SMILES string of the molecule is COc1ccccc1CNCc1cc(N(C)C)c2c(c1O)C(O)=C1C(=O)[C@]3(O)C(=O)C(C(N)=O)C(O)C[C@@H]3C[C@@H]1C2. The summed E-state index contributed by atoms with van der Waals surface area (Å²) in [5.74, 6) is -6.57. The minimum absolute atomic E-state index is 0.0710. The Labute approximate surface area is 237 Å². The van der Waals surface area contributed by atoms with E-state index in [4.69, 9.17) is 10.5 Å². The zero-order valence-electron chi connectivity index (χ0n) is 23.2. The molecule has 41 heavy (non-hydrogen) atoms. The van der Waals surface area contributed by atoms with E-state index in [1.807, 2.05) is 49.3 Å². The number of ketones is 2. The maximum absolute atomic E-state index is 13.8. The van der Waals surface area contributed by atoms with Crippen LogP contribution >= 0.6 is 0 Å². The molecule has 3 aliphatic carbocycles. The molecule has 11 nitrogen and oxygen atoms in total. The molecule has 3 aliphatic rings. The molecular formula is C30H35N3O8. The number of phenolic OH excluding ortho intramolecular Hbond substituents is 1. The van der Waals surface area contributed by atoms with Gasteiger partial charge in [0.05, 0.1) is 18.8 Å². The number of carbonyl (C=O) groups is 3. The highest BCUT2D eigenvalue weighted by Gasteiger charge is 2.64. The van der Waals surface area contributed by atoms with E-state index in [0.29, 0.717) is 23.4 Å². The first-order valence-corrected chi connectivity index (χ1v) is 13.5. The molecule has 2 unspecified atom stereocenters. The number of phenols is 1. The van der Waals surface area contributed by atoms with E-state index in [2.05, 4.69) is 5.32 Å². The highest BCUT2D eigenvalue weighted by Crippen LogP contribution is 2.53. The van der Waals surface area contributed by atoms with Crippen LogP contribution in [0, 0.1) is 17.8 Å². The van der Waals surface area contributed by atoms with Gasteiger partial charge in [0.1, 0.15) is 23.2 Å². The van der Waals surface area contributed by atoms with Gasteiger partial charge in [0.2, 0.25) is 11.7 Å². The van der Waals surface area contributed by atoms with Crippen LogP contribution in [0.2, 0.25) is 0 Å². The fourth-order valence-electron chi connectivity index (χ4n) is 6.74. The highest BCUT2D eigenvalue weighted by atomic mass is 16.5. The van der Waals surface area contributed by atoms with Crippen LogP contribution in [0.25, 0.3) is 5.76 Å². The molecule has 218 valence electrons. The standard InChI is InChI=1S/C30H35N3O8/c1-33(2)19-10-16(13-32-12-14-6-4-5-7-21(14)41-3)25(35)23-18(19)9-15-8-17-11-20(34)24(29(31)39)28(38)30(17,40)27(37)22(15)26(23)36/h4-7,10,15,17,20,24,32,34-36,40H,8-9,11-13H2,1-3H3,(H2,31,39)/t15-,17+,20?,24?,30+/m1/s1. The number of rotatable bonds is 7. The number of primary amides is 1. The van der Waals surface area contributed by atoms with Crippen molar-refractivity contribution in [3.63, 3.8) is 0 Å². The smallest absolute Gasteiger partial charge is 0.230 e. The molecule has 2 aromatic carbocycles. The van der Waals surface area contributed by atoms with Crippen molar-refractivity contribution in [2.75, 3.05) is 26.1 Å². The number of hydrogen-bond donors (Lipinski definition) is 6. The molecule has 0 saturated heterocycles. The Bertz CT molecular complexity index is 1470. The van der Waals surface area contributed by atoms with Gasteiger partial charge in [-0.05, 0) is 42.9 Å². The Balaban J connectivity index is 1.54. The maximum atomic E-state index is 13.8. The summed E-state index contributed by atoms with van der Waals surface area (Å²) in [5.41, 5.74) is 5.37. The van der Waals surface area contributed by atoms with Crippen molar-refractivity contribution in [3.05, 3.63) is 58.2 Å². The van der Waals surface area contributed by atoms with E-state index in [1.54, 1.807) is 7.11 Å². The number of aromatic hydroxyl groups is 1. The largest absolute Gasteiger partial charge is 0.507 e. The number of benzene rings is 2. The van der Waals surface area contributed by atoms with Gasteiger partial charge in [-0.25, -0.2) is 0 Å². The summed E-state index contributed by atoms with van der Waals surface area (Å²) in [6.45, 7) is 0.662. The van der Waals surface area contributed by atoms with Gasteiger partial charge in [0, 0.05) is 55.5 Å². The number of aliphatic hydroxyl groups is 3. The monoisotopic (exact) mass is 565 g/mol. The second-order valence-electron chi connectivity index (χ2n) is 11.3. The fraction of sp³-hybridized carbons (Fsp3) is 0.433. The number of amides is 1. The summed E-state index contributed by atoms with van der Waals surface area (Å²) in [6, 6.07) is 9.35. The van der Waals surface area contributed by atoms with Crippen LogP contribution in [0.3, 0.4) is 0 Å². The summed E-state index contributed by atoms with van der Waals surface area (Å²) in [7, 11) is 5.25. The van der Waals surface area contributed by atoms with E-state index >= 15 is 0 Å². The Kier molecular flexibility index (Phi) is 7.31. The molecule has 2 fully saturated rings. The van der Waals surface area contributed by atoms with Crippen molar-refractivity contribution in [1.82, 2.24) is 5.32 Å². The molecule has 0 radical (unpaired) electrons. The number of para-hydroxylation sites is 1. The predicted octanol–water partition coefficient (Wildman–Crippen LogP) is 0.953. The number of methoxy groups -OCH3 is 1. The van der Waals surface area contributed by atoms with E-state index in [-0.39, 0.29) is 42.7 Å². The van der Waals surface area contributed by atoms with Crippen LogP contribution < -0.4 is 20.7 Å². The Morgan fingerprint density at radius 3 is 2.49 bits per heavy atom. The summed E-state index contributed by atoms with van der Waals surface area (Å²) in [4.78, 5) is 40.8. The topological polar surface area (TPSA) is 183 Å². The van der Waals surface area contributed by atoms with E-state index in [0.717, 1.165) is 11.3 Å². The van der Waals surface area contributed by atoms with Crippen LogP contribution in [0.15, 0.2) is 35.9 Å². The molecule has 5 rings (SSSR count). The number of hydrogen-bond acceptors (Lipinski definition) is 10. The quantitative estimate of drug-likeness (QED) is 0.264. The van der Waals surface area contributed by atoms with Crippen molar-refractivity contribution in [3.8, 4) is 11.5 Å². The van der Waals surface area contributed by atoms with Crippen molar-refractivity contribution in [2.24, 2.45) is 23.5 Å². The lowest BCUT2D eigenvalue weighted by Gasteiger charge is -2.48. The predicted molar refractivity (Wildman–Crippen MR) is 149 cm³/mol. The van der Waals surface area contributed by atoms with Gasteiger partial charge in [0.25, 0.3) is 0 Å². The van der Waals surface area contributed by atoms with Crippen LogP contribution in [0.1, 0.15) is 35.1 Å². The van der Waals surface area contributed by atoms with Gasteiger partial charge < -0.3 is 41.1 Å². The van der Waals surface area contributed by atoms with Crippen LogP contribution in [-0.2, 0) is 33.9 Å². The zero-order chi connectivity index (χ0) is 29.8. The third-order valence-electron chi connectivity index (χ3n) is 8.74. The van der Waals surface area contributed by atoms with Gasteiger partial charge in [0.15, 0.2) is 11.4 Å². The average Bonchev–Trinajstić information content (AvgIpc) is 2.91. The van der Waals surface area contributed by atoms with E-state index in [9.17, 15) is 34.8 Å². The summed E-state index contributed by atoms with van der Waals surface area (Å²) in [5, 5.41) is 48.1. The average molecular weight is 566 g/mol. The normalized spacial score (nSPS) is 27.1. The van der Waals surface area contributed by atoms with Crippen molar-refractivity contribution >= 4 is 28.9 Å². The number of nitrogens with zero attached hydrogens (tertiary/aromatic N) is 1. The molecule has 0 aliphatic heterocycles. The summed E-state index contributed by atoms with van der Waals surface area (Å²) >= 11 is 0. The van der Waals surface area contributed by atoms with Gasteiger partial charge >= 0.3 is 0 Å². The Hall–Kier alpha value is -3.93. The van der Waals surface area contributed by atoms with Crippen LogP contribution in [0.4, 0.5) is 5.69 Å². The van der Waals surface area contributed by atoms with Gasteiger partial charge in [-0.2, -0.15) is 0 Å². The second-order valence-corrected chi connectivity index (χ2v) is 11.3. The first-order valence-electron chi connectivity index (χ1n) is 13.5. The minimum Gasteiger partial charge on any atom is -0.507 e. The third-order valence-corrected chi connectivity index (χ3v) is 8.74. The van der Waals surface area contributed by atoms with Gasteiger partial charge in [-0.1, -0.05) is 18.2 Å². The molecule has 2 aromatic rings. The number of nitrogens with one attached hydrogen (secondary N) is 1. The van der Waals surface area contributed by atoms with Crippen molar-refractivity contribution < 1.29 is 39.5 Å². The lowest BCUT2D eigenvalue weighted by atomic mass is 9.56. The molecule has 0 spiro atoms.